The van der Waals surface area contributed by atoms with E-state index in [1.165, 1.54) is 6.20 Å². The van der Waals surface area contributed by atoms with Crippen molar-refractivity contribution in [3.8, 4) is 0 Å². The summed E-state index contributed by atoms with van der Waals surface area (Å²) in [5.74, 6) is 0. The molecule has 0 N–H and O–H groups in total. The number of hydrogen-bond donors (Lipinski definition) is 0. The predicted octanol–water partition coefficient (Wildman–Crippen LogP) is 2.36. The van der Waals surface area contributed by atoms with Gasteiger partial charge in [0.15, 0.2) is 0 Å². The third-order valence-electron chi connectivity index (χ3n) is 1.55. The third-order valence-corrected chi connectivity index (χ3v) is 4.11. The molecule has 1 aromatic heterocycles. The summed E-state index contributed by atoms with van der Waals surface area (Å²) in [6, 6.07) is 6.89. The molecule has 0 fully saturated rings. The zero-order valence-corrected chi connectivity index (χ0v) is 9.27. The minimum atomic E-state index is -1.19. The summed E-state index contributed by atoms with van der Waals surface area (Å²) in [7, 11) is -1.19. The van der Waals surface area contributed by atoms with Crippen LogP contribution < -0.4 is 0 Å². The lowest BCUT2D eigenvalue weighted by atomic mass is 10.4. The van der Waals surface area contributed by atoms with Crippen molar-refractivity contribution in [3.63, 3.8) is 0 Å². The number of aromatic nitrogens is 2. The number of benzene rings is 1. The van der Waals surface area contributed by atoms with Gasteiger partial charge < -0.3 is 0 Å². The van der Waals surface area contributed by atoms with Crippen molar-refractivity contribution in [3.05, 3.63) is 35.5 Å². The quantitative estimate of drug-likeness (QED) is 0.815. The fraction of sp³-hybridized carbons (Fsp3) is 0. The van der Waals surface area contributed by atoms with Gasteiger partial charge in [0, 0.05) is 9.92 Å². The second-order valence-corrected chi connectivity index (χ2v) is 5.39. The van der Waals surface area contributed by atoms with E-state index in [1.807, 2.05) is 0 Å². The molecule has 1 aromatic carbocycles. The van der Waals surface area contributed by atoms with Gasteiger partial charge in [-0.05, 0) is 35.8 Å². The van der Waals surface area contributed by atoms with Gasteiger partial charge in [0.25, 0.3) is 0 Å². The van der Waals surface area contributed by atoms with Crippen LogP contribution >= 0.6 is 23.1 Å². The van der Waals surface area contributed by atoms with Crippen LogP contribution in [0.1, 0.15) is 0 Å². The maximum atomic E-state index is 11.8. The molecule has 0 amide bonds. The Bertz CT molecular complexity index is 441. The summed E-state index contributed by atoms with van der Waals surface area (Å²) in [5, 5.41) is 4.27. The summed E-state index contributed by atoms with van der Waals surface area (Å²) in [4.78, 5) is 0.709. The molecule has 0 saturated carbocycles. The molecule has 1 atom stereocenters. The molecular weight excluding hydrogens is 240 g/mol. The molecule has 1 heterocycles. The molecule has 6 heteroatoms. The lowest BCUT2D eigenvalue weighted by Gasteiger charge is -1.97. The lowest BCUT2D eigenvalue weighted by molar-refractivity contribution is 0.684. The highest BCUT2D eigenvalue weighted by atomic mass is 35.5. The molecule has 0 radical (unpaired) electrons. The van der Waals surface area contributed by atoms with E-state index >= 15 is 0 Å². The van der Waals surface area contributed by atoms with Crippen molar-refractivity contribution >= 4 is 33.9 Å². The topological polar surface area (TPSA) is 42.9 Å². The zero-order chi connectivity index (χ0) is 9.97. The van der Waals surface area contributed by atoms with Crippen LogP contribution in [0.25, 0.3) is 0 Å². The summed E-state index contributed by atoms with van der Waals surface area (Å²) < 4.78 is 16.1. The fourth-order valence-electron chi connectivity index (χ4n) is 0.914. The van der Waals surface area contributed by atoms with Gasteiger partial charge in [-0.3, -0.25) is 0 Å². The molecule has 14 heavy (non-hydrogen) atoms. The Morgan fingerprint density at radius 1 is 1.29 bits per heavy atom. The molecule has 2 rings (SSSR count). The van der Waals surface area contributed by atoms with Crippen LogP contribution in [0.3, 0.4) is 0 Å². The molecule has 0 spiro atoms. The molecule has 2 aromatic rings. The zero-order valence-electron chi connectivity index (χ0n) is 6.88. The Labute approximate surface area is 92.4 Å². The van der Waals surface area contributed by atoms with Gasteiger partial charge in [-0.25, -0.2) is 4.21 Å². The van der Waals surface area contributed by atoms with Crippen LogP contribution in [0.4, 0.5) is 0 Å². The van der Waals surface area contributed by atoms with Crippen molar-refractivity contribution in [2.24, 2.45) is 0 Å². The first-order valence-electron chi connectivity index (χ1n) is 3.72. The maximum Gasteiger partial charge on any atom is 0.137 e. The highest BCUT2D eigenvalue weighted by Gasteiger charge is 2.08. The SMILES string of the molecule is O=S(c1ccc(Cl)cc1)c1cnns1. The summed E-state index contributed by atoms with van der Waals surface area (Å²) in [5.41, 5.74) is 0. The van der Waals surface area contributed by atoms with E-state index < -0.39 is 10.8 Å². The molecule has 0 bridgehead atoms. The van der Waals surface area contributed by atoms with E-state index in [-0.39, 0.29) is 0 Å². The molecule has 0 aliphatic carbocycles. The van der Waals surface area contributed by atoms with E-state index in [1.54, 1.807) is 24.3 Å². The average Bonchev–Trinajstić information content (AvgIpc) is 2.71. The smallest absolute Gasteiger partial charge is 0.137 e. The summed E-state index contributed by atoms with van der Waals surface area (Å²) in [6.45, 7) is 0. The number of rotatable bonds is 2. The van der Waals surface area contributed by atoms with Gasteiger partial charge in [-0.1, -0.05) is 16.1 Å². The first-order valence-corrected chi connectivity index (χ1v) is 6.02. The standard InChI is InChI=1S/C8H5ClN2OS2/c9-6-1-3-7(4-2-6)14(12)8-5-10-11-13-8/h1-5H. The van der Waals surface area contributed by atoms with Crippen molar-refractivity contribution in [1.29, 1.82) is 0 Å². The van der Waals surface area contributed by atoms with Gasteiger partial charge in [-0.15, -0.1) is 5.10 Å². The van der Waals surface area contributed by atoms with E-state index in [9.17, 15) is 4.21 Å². The lowest BCUT2D eigenvalue weighted by Crippen LogP contribution is -1.88. The van der Waals surface area contributed by atoms with Crippen LogP contribution in [-0.2, 0) is 10.8 Å². The van der Waals surface area contributed by atoms with Gasteiger partial charge in [-0.2, -0.15) is 0 Å². The second-order valence-electron chi connectivity index (χ2n) is 2.46. The highest BCUT2D eigenvalue weighted by Crippen LogP contribution is 2.19. The monoisotopic (exact) mass is 244 g/mol. The fourth-order valence-corrected chi connectivity index (χ4v) is 2.73. The molecule has 0 aliphatic rings. The molecule has 0 saturated heterocycles. The van der Waals surface area contributed by atoms with Gasteiger partial charge in [0.05, 0.1) is 17.0 Å². The molecule has 3 nitrogen and oxygen atoms in total. The van der Waals surface area contributed by atoms with E-state index in [4.69, 9.17) is 11.6 Å². The minimum absolute atomic E-state index is 0.633. The average molecular weight is 245 g/mol. The van der Waals surface area contributed by atoms with Crippen molar-refractivity contribution in [1.82, 2.24) is 9.59 Å². The van der Waals surface area contributed by atoms with Crippen LogP contribution in [0.15, 0.2) is 39.6 Å². The number of halogens is 1. The van der Waals surface area contributed by atoms with Gasteiger partial charge >= 0.3 is 0 Å². The molecule has 72 valence electrons. The molecule has 0 aliphatic heterocycles. The largest absolute Gasteiger partial charge is 0.248 e. The first kappa shape index (κ1) is 9.76. The summed E-state index contributed by atoms with van der Waals surface area (Å²) >= 11 is 6.86. The van der Waals surface area contributed by atoms with Gasteiger partial charge in [0.2, 0.25) is 0 Å². The van der Waals surface area contributed by atoms with Crippen LogP contribution in [0.5, 0.6) is 0 Å². The van der Waals surface area contributed by atoms with Crippen molar-refractivity contribution < 1.29 is 4.21 Å². The molecule has 1 unspecified atom stereocenters. The van der Waals surface area contributed by atoms with Crippen LogP contribution in [0.2, 0.25) is 5.02 Å². The Kier molecular flexibility index (Phi) is 2.90. The summed E-state index contributed by atoms with van der Waals surface area (Å²) in [6.07, 6.45) is 1.51. The van der Waals surface area contributed by atoms with Crippen LogP contribution in [-0.4, -0.2) is 13.8 Å². The normalized spacial score (nSPS) is 12.6. The minimum Gasteiger partial charge on any atom is -0.248 e. The Morgan fingerprint density at radius 2 is 2.00 bits per heavy atom. The third kappa shape index (κ3) is 2.00. The van der Waals surface area contributed by atoms with Gasteiger partial charge in [0.1, 0.15) is 4.21 Å². The second kappa shape index (κ2) is 4.16. The van der Waals surface area contributed by atoms with E-state index in [0.29, 0.717) is 14.1 Å². The van der Waals surface area contributed by atoms with Crippen LogP contribution in [0, 0.1) is 0 Å². The van der Waals surface area contributed by atoms with E-state index in [2.05, 4.69) is 9.59 Å². The maximum absolute atomic E-state index is 11.8. The Balaban J connectivity index is 2.33. The number of hydrogen-bond acceptors (Lipinski definition) is 4. The number of nitrogens with zero attached hydrogens (tertiary/aromatic N) is 2. The van der Waals surface area contributed by atoms with Crippen molar-refractivity contribution in [2.45, 2.75) is 9.10 Å². The highest BCUT2D eigenvalue weighted by molar-refractivity contribution is 7.87. The van der Waals surface area contributed by atoms with Crippen molar-refractivity contribution in [2.75, 3.05) is 0 Å². The first-order chi connectivity index (χ1) is 6.77. The van der Waals surface area contributed by atoms with E-state index in [0.717, 1.165) is 11.5 Å². The molecular formula is C8H5ClN2OS2. The Hall–Kier alpha value is -0.780. The Morgan fingerprint density at radius 3 is 2.57 bits per heavy atom. The predicted molar refractivity (Wildman–Crippen MR) is 56.0 cm³/mol.